The second-order valence-electron chi connectivity index (χ2n) is 4.75. The minimum atomic E-state index is -0.336. The lowest BCUT2D eigenvalue weighted by molar-refractivity contribution is 0.0989. The minimum Gasteiger partial charge on any atom is -0.399 e. The van der Waals surface area contributed by atoms with Crippen molar-refractivity contribution < 1.29 is 9.18 Å². The Morgan fingerprint density at radius 1 is 1.25 bits per heavy atom. The van der Waals surface area contributed by atoms with E-state index < -0.39 is 0 Å². The second-order valence-corrected chi connectivity index (χ2v) is 5.67. The zero-order valence-electron chi connectivity index (χ0n) is 10.6. The van der Waals surface area contributed by atoms with E-state index in [0.29, 0.717) is 23.5 Å². The highest BCUT2D eigenvalue weighted by Gasteiger charge is 2.26. The highest BCUT2D eigenvalue weighted by Crippen LogP contribution is 2.30. The Labute approximate surface area is 124 Å². The Kier molecular flexibility index (Phi) is 3.22. The third kappa shape index (κ3) is 2.29. The van der Waals surface area contributed by atoms with Gasteiger partial charge in [-0.2, -0.15) is 0 Å². The number of carbonyl (C=O) groups is 1. The molecule has 2 N–H and O–H groups in total. The molecule has 0 saturated carbocycles. The number of amides is 1. The number of rotatable bonds is 1. The molecule has 5 heteroatoms. The second kappa shape index (κ2) is 4.90. The van der Waals surface area contributed by atoms with Crippen LogP contribution in [0.2, 0.25) is 0 Å². The predicted octanol–water partition coefficient (Wildman–Crippen LogP) is 3.37. The van der Waals surface area contributed by atoms with E-state index in [1.807, 2.05) is 0 Å². The first-order valence-corrected chi connectivity index (χ1v) is 7.00. The van der Waals surface area contributed by atoms with E-state index in [1.165, 1.54) is 12.1 Å². The van der Waals surface area contributed by atoms with E-state index in [9.17, 15) is 9.18 Å². The van der Waals surface area contributed by atoms with Crippen LogP contribution in [-0.4, -0.2) is 12.5 Å². The molecule has 2 aromatic rings. The number of nitrogens with zero attached hydrogens (tertiary/aromatic N) is 1. The van der Waals surface area contributed by atoms with Gasteiger partial charge in [-0.15, -0.1) is 0 Å². The lowest BCUT2D eigenvalue weighted by Gasteiger charge is -2.18. The highest BCUT2D eigenvalue weighted by atomic mass is 79.9. The topological polar surface area (TPSA) is 46.3 Å². The first-order chi connectivity index (χ1) is 9.54. The van der Waals surface area contributed by atoms with Crippen molar-refractivity contribution in [1.29, 1.82) is 0 Å². The summed E-state index contributed by atoms with van der Waals surface area (Å²) >= 11 is 3.32. The van der Waals surface area contributed by atoms with E-state index >= 15 is 0 Å². The molecule has 0 aliphatic carbocycles. The summed E-state index contributed by atoms with van der Waals surface area (Å²) < 4.78 is 14.1. The highest BCUT2D eigenvalue weighted by molar-refractivity contribution is 9.10. The van der Waals surface area contributed by atoms with Gasteiger partial charge in [-0.05, 0) is 42.3 Å². The number of benzene rings is 2. The van der Waals surface area contributed by atoms with Crippen molar-refractivity contribution in [2.24, 2.45) is 0 Å². The molecule has 0 aromatic heterocycles. The molecule has 0 spiro atoms. The van der Waals surface area contributed by atoms with Gasteiger partial charge in [0, 0.05) is 22.3 Å². The molecule has 0 radical (unpaired) electrons. The Bertz CT molecular complexity index is 682. The van der Waals surface area contributed by atoms with Gasteiger partial charge in [-0.25, -0.2) is 4.39 Å². The summed E-state index contributed by atoms with van der Waals surface area (Å²) in [5.41, 5.74) is 8.40. The summed E-state index contributed by atoms with van der Waals surface area (Å²) in [7, 11) is 0. The zero-order chi connectivity index (χ0) is 14.3. The van der Waals surface area contributed by atoms with Crippen LogP contribution in [0.3, 0.4) is 0 Å². The SMILES string of the molecule is Nc1cc(Br)cc(C(=O)N2CCc3ccc(F)cc32)c1. The van der Waals surface area contributed by atoms with Crippen molar-refractivity contribution in [2.45, 2.75) is 6.42 Å². The van der Waals surface area contributed by atoms with Crippen LogP contribution in [0.15, 0.2) is 40.9 Å². The Hall–Kier alpha value is -1.88. The molecule has 0 fully saturated rings. The molecular formula is C15H12BrFN2O. The van der Waals surface area contributed by atoms with Crippen LogP contribution in [0.1, 0.15) is 15.9 Å². The standard InChI is InChI=1S/C15H12BrFN2O/c16-11-5-10(6-13(18)7-11)15(20)19-4-3-9-1-2-12(17)8-14(9)19/h1-2,5-8H,3-4,18H2. The quantitative estimate of drug-likeness (QED) is 0.812. The molecule has 0 saturated heterocycles. The summed E-state index contributed by atoms with van der Waals surface area (Å²) in [5.74, 6) is -0.500. The zero-order valence-corrected chi connectivity index (χ0v) is 12.2. The minimum absolute atomic E-state index is 0.164. The van der Waals surface area contributed by atoms with Gasteiger partial charge in [0.2, 0.25) is 0 Å². The molecule has 0 unspecified atom stereocenters. The first kappa shape index (κ1) is 13.1. The number of carbonyl (C=O) groups excluding carboxylic acids is 1. The van der Waals surface area contributed by atoms with Gasteiger partial charge >= 0.3 is 0 Å². The monoisotopic (exact) mass is 334 g/mol. The molecule has 2 aromatic carbocycles. The number of nitrogens with two attached hydrogens (primary N) is 1. The van der Waals surface area contributed by atoms with Crippen molar-refractivity contribution in [2.75, 3.05) is 17.2 Å². The van der Waals surface area contributed by atoms with E-state index in [0.717, 1.165) is 16.5 Å². The summed E-state index contributed by atoms with van der Waals surface area (Å²) in [6, 6.07) is 9.63. The number of halogens is 2. The molecule has 1 aliphatic rings. The Balaban J connectivity index is 1.99. The maximum atomic E-state index is 13.4. The van der Waals surface area contributed by atoms with Gasteiger partial charge < -0.3 is 10.6 Å². The lowest BCUT2D eigenvalue weighted by atomic mass is 10.1. The lowest BCUT2D eigenvalue weighted by Crippen LogP contribution is -2.29. The van der Waals surface area contributed by atoms with Gasteiger partial charge in [0.1, 0.15) is 5.82 Å². The normalized spacial score (nSPS) is 13.4. The molecule has 3 nitrogen and oxygen atoms in total. The van der Waals surface area contributed by atoms with E-state index in [4.69, 9.17) is 5.73 Å². The van der Waals surface area contributed by atoms with E-state index in [-0.39, 0.29) is 11.7 Å². The van der Waals surface area contributed by atoms with Crippen LogP contribution in [-0.2, 0) is 6.42 Å². The molecule has 0 atom stereocenters. The Morgan fingerprint density at radius 3 is 2.80 bits per heavy atom. The van der Waals surface area contributed by atoms with Crippen LogP contribution in [0.4, 0.5) is 15.8 Å². The van der Waals surface area contributed by atoms with Crippen LogP contribution < -0.4 is 10.6 Å². The van der Waals surface area contributed by atoms with Crippen molar-refractivity contribution in [1.82, 2.24) is 0 Å². The van der Waals surface area contributed by atoms with Crippen molar-refractivity contribution in [3.05, 3.63) is 57.8 Å². The van der Waals surface area contributed by atoms with Gasteiger partial charge in [0.15, 0.2) is 0 Å². The number of nitrogen functional groups attached to an aromatic ring is 1. The summed E-state index contributed by atoms with van der Waals surface area (Å²) in [6.45, 7) is 0.560. The molecule has 1 amide bonds. The Morgan fingerprint density at radius 2 is 2.05 bits per heavy atom. The fourth-order valence-electron chi connectivity index (χ4n) is 2.45. The number of hydrogen-bond donors (Lipinski definition) is 1. The number of anilines is 2. The van der Waals surface area contributed by atoms with Gasteiger partial charge in [0.25, 0.3) is 5.91 Å². The van der Waals surface area contributed by atoms with Gasteiger partial charge in [-0.3, -0.25) is 4.79 Å². The van der Waals surface area contributed by atoms with Crippen molar-refractivity contribution in [3.8, 4) is 0 Å². The maximum Gasteiger partial charge on any atom is 0.258 e. The maximum absolute atomic E-state index is 13.4. The number of fused-ring (bicyclic) bond motifs is 1. The molecule has 102 valence electrons. The molecule has 1 aliphatic heterocycles. The van der Waals surface area contributed by atoms with Crippen LogP contribution >= 0.6 is 15.9 Å². The largest absolute Gasteiger partial charge is 0.399 e. The third-order valence-corrected chi connectivity index (χ3v) is 3.81. The average Bonchev–Trinajstić information content (AvgIpc) is 2.79. The van der Waals surface area contributed by atoms with Crippen LogP contribution in [0, 0.1) is 5.82 Å². The van der Waals surface area contributed by atoms with Crippen molar-refractivity contribution >= 4 is 33.2 Å². The van der Waals surface area contributed by atoms with Crippen LogP contribution in [0.25, 0.3) is 0 Å². The smallest absolute Gasteiger partial charge is 0.258 e. The fraction of sp³-hybridized carbons (Fsp3) is 0.133. The summed E-state index contributed by atoms with van der Waals surface area (Å²) in [4.78, 5) is 14.1. The molecule has 0 bridgehead atoms. The van der Waals surface area contributed by atoms with Gasteiger partial charge in [-0.1, -0.05) is 22.0 Å². The summed E-state index contributed by atoms with van der Waals surface area (Å²) in [5, 5.41) is 0. The van der Waals surface area contributed by atoms with Gasteiger partial charge in [0.05, 0.1) is 5.69 Å². The predicted molar refractivity (Wildman–Crippen MR) is 80.3 cm³/mol. The fourth-order valence-corrected chi connectivity index (χ4v) is 2.97. The molecule has 3 rings (SSSR count). The van der Waals surface area contributed by atoms with Crippen LogP contribution in [0.5, 0.6) is 0 Å². The van der Waals surface area contributed by atoms with E-state index in [1.54, 1.807) is 29.2 Å². The molecular weight excluding hydrogens is 323 g/mol. The first-order valence-electron chi connectivity index (χ1n) is 6.21. The molecule has 1 heterocycles. The molecule has 20 heavy (non-hydrogen) atoms. The van der Waals surface area contributed by atoms with Crippen molar-refractivity contribution in [3.63, 3.8) is 0 Å². The average molecular weight is 335 g/mol. The summed E-state index contributed by atoms with van der Waals surface area (Å²) in [6.07, 6.45) is 0.741. The number of hydrogen-bond acceptors (Lipinski definition) is 2. The third-order valence-electron chi connectivity index (χ3n) is 3.36. The van der Waals surface area contributed by atoms with E-state index in [2.05, 4.69) is 15.9 Å².